The maximum Gasteiger partial charge on any atom is 0.148 e. The fourth-order valence-electron chi connectivity index (χ4n) is 2.21. The van der Waals surface area contributed by atoms with Gasteiger partial charge in [0.25, 0.3) is 0 Å². The number of anilines is 1. The summed E-state index contributed by atoms with van der Waals surface area (Å²) >= 11 is 0. The van der Waals surface area contributed by atoms with Crippen LogP contribution < -0.4 is 5.32 Å². The summed E-state index contributed by atoms with van der Waals surface area (Å²) < 4.78 is 5.42. The number of rotatable bonds is 10. The van der Waals surface area contributed by atoms with Crippen molar-refractivity contribution in [1.29, 1.82) is 0 Å². The molecule has 25 heavy (non-hydrogen) atoms. The minimum Gasteiger partial charge on any atom is -0.495 e. The molecule has 0 saturated carbocycles. The van der Waals surface area contributed by atoms with Crippen molar-refractivity contribution in [2.75, 3.05) is 12.4 Å². The van der Waals surface area contributed by atoms with E-state index in [2.05, 4.69) is 47.1 Å². The molecule has 1 aromatic rings. The molecule has 136 valence electrons. The Kier molecular flexibility index (Phi) is 9.22. The van der Waals surface area contributed by atoms with Crippen LogP contribution in [0.5, 0.6) is 0 Å². The predicted octanol–water partition coefficient (Wildman–Crippen LogP) is 5.00. The van der Waals surface area contributed by atoms with E-state index in [1.165, 1.54) is 0 Å². The number of nitrogens with zero attached hydrogens (tertiary/aromatic N) is 3. The molecule has 0 amide bonds. The van der Waals surface area contributed by atoms with Crippen molar-refractivity contribution < 1.29 is 4.74 Å². The van der Waals surface area contributed by atoms with Gasteiger partial charge in [0, 0.05) is 6.20 Å². The molecule has 0 aliphatic carbocycles. The molecule has 5 nitrogen and oxygen atoms in total. The number of hydrogen-bond acceptors (Lipinski definition) is 4. The lowest BCUT2D eigenvalue weighted by molar-refractivity contribution is 0.312. The zero-order chi connectivity index (χ0) is 18.5. The van der Waals surface area contributed by atoms with Crippen molar-refractivity contribution in [2.45, 2.75) is 52.6 Å². The Bertz CT molecular complexity index is 620. The van der Waals surface area contributed by atoms with Crippen molar-refractivity contribution in [3.8, 4) is 0 Å². The van der Waals surface area contributed by atoms with E-state index < -0.39 is 5.66 Å². The van der Waals surface area contributed by atoms with E-state index in [9.17, 15) is 0 Å². The second kappa shape index (κ2) is 11.2. The fourth-order valence-corrected chi connectivity index (χ4v) is 2.21. The number of aromatic nitrogens is 1. The zero-order valence-corrected chi connectivity index (χ0v) is 16.0. The van der Waals surface area contributed by atoms with Crippen molar-refractivity contribution in [1.82, 2.24) is 4.98 Å². The summed E-state index contributed by atoms with van der Waals surface area (Å²) in [6, 6.07) is 5.75. The first-order chi connectivity index (χ1) is 12.1. The number of hydrogen-bond donors (Lipinski definition) is 1. The van der Waals surface area contributed by atoms with E-state index in [0.29, 0.717) is 0 Å². The Morgan fingerprint density at radius 3 is 2.64 bits per heavy atom. The second-order valence-electron chi connectivity index (χ2n) is 5.65. The van der Waals surface area contributed by atoms with Gasteiger partial charge in [-0.25, -0.2) is 15.0 Å². The Morgan fingerprint density at radius 1 is 1.28 bits per heavy atom. The predicted molar refractivity (Wildman–Crippen MR) is 107 cm³/mol. The average Bonchev–Trinajstić information content (AvgIpc) is 2.63. The van der Waals surface area contributed by atoms with Gasteiger partial charge in [-0.05, 0) is 50.5 Å². The summed E-state index contributed by atoms with van der Waals surface area (Å²) in [6.07, 6.45) is 12.1. The van der Waals surface area contributed by atoms with E-state index >= 15 is 0 Å². The van der Waals surface area contributed by atoms with Crippen LogP contribution in [-0.2, 0) is 4.74 Å². The van der Waals surface area contributed by atoms with Crippen LogP contribution in [0.1, 0.15) is 47.0 Å². The first-order valence-electron chi connectivity index (χ1n) is 8.80. The minimum atomic E-state index is -0.617. The number of aliphatic imine (C=N–C) groups is 2. The van der Waals surface area contributed by atoms with Gasteiger partial charge in [0.1, 0.15) is 23.6 Å². The molecular weight excluding hydrogens is 312 g/mol. The molecule has 0 aliphatic heterocycles. The Morgan fingerprint density at radius 2 is 2.08 bits per heavy atom. The Labute approximate surface area is 151 Å². The molecule has 1 aromatic heterocycles. The van der Waals surface area contributed by atoms with Crippen LogP contribution in [0.15, 0.2) is 58.4 Å². The Balaban J connectivity index is 3.03. The number of allylic oxidation sites excluding steroid dienone is 3. The summed E-state index contributed by atoms with van der Waals surface area (Å²) in [5.41, 5.74) is 0.266. The molecular formula is C20H30N4O. The Hall–Kier alpha value is -2.43. The van der Waals surface area contributed by atoms with Gasteiger partial charge in [-0.1, -0.05) is 32.9 Å². The molecule has 0 aromatic carbocycles. The summed E-state index contributed by atoms with van der Waals surface area (Å²) in [6.45, 7) is 8.21. The van der Waals surface area contributed by atoms with Crippen LogP contribution in [0.2, 0.25) is 0 Å². The number of ether oxygens (including phenoxy) is 1. The first-order valence-corrected chi connectivity index (χ1v) is 8.80. The standard InChI is InChI=1S/C20H30N4O/c1-6-9-14-20(4,24-19-13-10-11-15-21-19)23-16-22-17(8-3)18(25-5)12-7-2/h9-16H,6-8H2,1-5H3,(H,21,24)/b14-9-,18-12+,22-17+,23-16-. The van der Waals surface area contributed by atoms with E-state index in [-0.39, 0.29) is 0 Å². The number of methoxy groups -OCH3 is 1. The molecule has 0 fully saturated rings. The summed E-state index contributed by atoms with van der Waals surface area (Å²) in [5.74, 6) is 1.57. The average molecular weight is 342 g/mol. The number of pyridine rings is 1. The topological polar surface area (TPSA) is 58.9 Å². The van der Waals surface area contributed by atoms with Gasteiger partial charge >= 0.3 is 0 Å². The lowest BCUT2D eigenvalue weighted by Gasteiger charge is -2.23. The van der Waals surface area contributed by atoms with Crippen LogP contribution in [0, 0.1) is 0 Å². The molecule has 0 radical (unpaired) electrons. The highest BCUT2D eigenvalue weighted by molar-refractivity contribution is 6.02. The molecule has 0 bridgehead atoms. The van der Waals surface area contributed by atoms with Crippen molar-refractivity contribution in [2.24, 2.45) is 9.98 Å². The third-order valence-corrected chi connectivity index (χ3v) is 3.49. The highest BCUT2D eigenvalue weighted by atomic mass is 16.5. The maximum atomic E-state index is 5.42. The molecule has 1 atom stereocenters. The van der Waals surface area contributed by atoms with Crippen molar-refractivity contribution in [3.05, 3.63) is 48.4 Å². The van der Waals surface area contributed by atoms with Crippen molar-refractivity contribution >= 4 is 17.9 Å². The summed E-state index contributed by atoms with van der Waals surface area (Å²) in [5, 5.41) is 3.34. The quantitative estimate of drug-likeness (QED) is 0.282. The fraction of sp³-hybridized carbons (Fsp3) is 0.450. The number of nitrogens with one attached hydrogen (secondary N) is 1. The van der Waals surface area contributed by atoms with Gasteiger partial charge in [0.05, 0.1) is 12.8 Å². The zero-order valence-electron chi connectivity index (χ0n) is 16.0. The van der Waals surface area contributed by atoms with E-state index in [0.717, 1.165) is 36.6 Å². The highest BCUT2D eigenvalue weighted by Gasteiger charge is 2.18. The second-order valence-corrected chi connectivity index (χ2v) is 5.65. The molecule has 0 saturated heterocycles. The van der Waals surface area contributed by atoms with E-state index in [4.69, 9.17) is 4.74 Å². The first kappa shape index (κ1) is 20.6. The van der Waals surface area contributed by atoms with Crippen LogP contribution in [-0.4, -0.2) is 29.8 Å². The third-order valence-electron chi connectivity index (χ3n) is 3.49. The largest absolute Gasteiger partial charge is 0.495 e. The van der Waals surface area contributed by atoms with Crippen LogP contribution in [0.4, 0.5) is 5.82 Å². The molecule has 1 unspecified atom stereocenters. The van der Waals surface area contributed by atoms with E-state index in [1.807, 2.05) is 37.3 Å². The SMILES string of the molecule is CC/C=C\C(C)(\N=C/N=C(CC)/C(=C\CC)OC)Nc1ccccn1. The monoisotopic (exact) mass is 342 g/mol. The minimum absolute atomic E-state index is 0.617. The van der Waals surface area contributed by atoms with Gasteiger partial charge in [-0.15, -0.1) is 0 Å². The van der Waals surface area contributed by atoms with Gasteiger partial charge < -0.3 is 10.1 Å². The normalized spacial score (nSPS) is 15.6. The summed E-state index contributed by atoms with van der Waals surface area (Å²) in [7, 11) is 1.67. The lowest BCUT2D eigenvalue weighted by atomic mass is 10.1. The smallest absolute Gasteiger partial charge is 0.148 e. The van der Waals surface area contributed by atoms with Gasteiger partial charge in [-0.3, -0.25) is 0 Å². The highest BCUT2D eigenvalue weighted by Crippen LogP contribution is 2.16. The maximum absolute atomic E-state index is 5.42. The molecule has 5 heteroatoms. The molecule has 1 heterocycles. The lowest BCUT2D eigenvalue weighted by Crippen LogP contribution is -2.30. The summed E-state index contributed by atoms with van der Waals surface area (Å²) in [4.78, 5) is 13.4. The van der Waals surface area contributed by atoms with Crippen LogP contribution in [0.3, 0.4) is 0 Å². The molecule has 1 rings (SSSR count). The molecule has 0 aliphatic rings. The van der Waals surface area contributed by atoms with Crippen molar-refractivity contribution in [3.63, 3.8) is 0 Å². The van der Waals surface area contributed by atoms with Gasteiger partial charge in [0.2, 0.25) is 0 Å². The van der Waals surface area contributed by atoms with Crippen LogP contribution in [0.25, 0.3) is 0 Å². The third kappa shape index (κ3) is 7.33. The van der Waals surface area contributed by atoms with E-state index in [1.54, 1.807) is 19.6 Å². The van der Waals surface area contributed by atoms with Crippen LogP contribution >= 0.6 is 0 Å². The van der Waals surface area contributed by atoms with Gasteiger partial charge in [0.15, 0.2) is 0 Å². The molecule has 1 N–H and O–H groups in total. The van der Waals surface area contributed by atoms with Gasteiger partial charge in [-0.2, -0.15) is 0 Å². The molecule has 0 spiro atoms.